The number of ether oxygens (including phenoxy) is 1. The van der Waals surface area contributed by atoms with E-state index in [1.807, 2.05) is 12.5 Å². The number of esters is 1. The zero-order chi connectivity index (χ0) is 18.1. The van der Waals surface area contributed by atoms with Gasteiger partial charge in [-0.05, 0) is 56.4 Å². The third-order valence-corrected chi connectivity index (χ3v) is 7.01. The van der Waals surface area contributed by atoms with Gasteiger partial charge in [-0.3, -0.25) is 4.79 Å². The van der Waals surface area contributed by atoms with Crippen molar-refractivity contribution in [3.05, 3.63) is 30.9 Å². The first-order valence-corrected chi connectivity index (χ1v) is 10.1. The van der Waals surface area contributed by atoms with Gasteiger partial charge in [-0.1, -0.05) is 19.1 Å². The lowest BCUT2D eigenvalue weighted by atomic mass is 9.55. The van der Waals surface area contributed by atoms with Gasteiger partial charge in [-0.15, -0.1) is 0 Å². The summed E-state index contributed by atoms with van der Waals surface area (Å²) in [4.78, 5) is 16.5. The average Bonchev–Trinajstić information content (AvgIpc) is 3.21. The molecule has 5 atom stereocenters. The van der Waals surface area contributed by atoms with Gasteiger partial charge >= 0.3 is 5.97 Å². The normalized spacial score (nSPS) is 36.5. The fraction of sp³-hybridized carbons (Fsp3) is 0.714. The van der Waals surface area contributed by atoms with Crippen molar-refractivity contribution in [2.24, 2.45) is 23.2 Å². The molecule has 2 saturated carbocycles. The number of aromatic nitrogens is 2. The summed E-state index contributed by atoms with van der Waals surface area (Å²) in [6.07, 6.45) is 12.5. The van der Waals surface area contributed by atoms with E-state index in [1.54, 1.807) is 6.20 Å². The molecule has 2 unspecified atom stereocenters. The minimum atomic E-state index is 0.00696. The Kier molecular flexibility index (Phi) is 4.91. The van der Waals surface area contributed by atoms with Crippen molar-refractivity contribution >= 4 is 5.97 Å². The number of nitrogens with zero attached hydrogens (tertiary/aromatic N) is 2. The molecule has 1 aromatic heterocycles. The van der Waals surface area contributed by atoms with Crippen LogP contribution in [0, 0.1) is 23.2 Å². The zero-order valence-corrected chi connectivity index (χ0v) is 15.8. The summed E-state index contributed by atoms with van der Waals surface area (Å²) in [6, 6.07) is 0. The molecule has 3 fully saturated rings. The predicted octanol–water partition coefficient (Wildman–Crippen LogP) is 3.18. The van der Waals surface area contributed by atoms with E-state index < -0.39 is 0 Å². The maximum absolute atomic E-state index is 12.5. The number of carbonyl (C=O) groups is 1. The first-order chi connectivity index (χ1) is 12.6. The van der Waals surface area contributed by atoms with Gasteiger partial charge in [0.1, 0.15) is 6.10 Å². The third kappa shape index (κ3) is 3.34. The van der Waals surface area contributed by atoms with E-state index in [0.29, 0.717) is 11.8 Å². The summed E-state index contributed by atoms with van der Waals surface area (Å²) < 4.78 is 7.90. The summed E-state index contributed by atoms with van der Waals surface area (Å²) in [5, 5.41) is 3.49. The van der Waals surface area contributed by atoms with Crippen LogP contribution in [0.1, 0.15) is 45.4 Å². The van der Waals surface area contributed by atoms with Crippen molar-refractivity contribution in [3.63, 3.8) is 0 Å². The van der Waals surface area contributed by atoms with Crippen LogP contribution >= 0.6 is 0 Å². The van der Waals surface area contributed by atoms with Crippen LogP contribution < -0.4 is 5.32 Å². The van der Waals surface area contributed by atoms with Crippen LogP contribution in [0.2, 0.25) is 0 Å². The number of nitrogens with one attached hydrogen (secondary N) is 1. The van der Waals surface area contributed by atoms with E-state index in [-0.39, 0.29) is 23.4 Å². The average molecular weight is 357 g/mol. The molecule has 3 aliphatic rings. The number of carbonyl (C=O) groups excluding carboxylic acids is 1. The van der Waals surface area contributed by atoms with Crippen molar-refractivity contribution in [1.82, 2.24) is 14.9 Å². The van der Waals surface area contributed by atoms with E-state index in [0.717, 1.165) is 45.3 Å². The van der Waals surface area contributed by atoms with E-state index >= 15 is 0 Å². The van der Waals surface area contributed by atoms with Gasteiger partial charge in [-0.25, -0.2) is 4.98 Å². The van der Waals surface area contributed by atoms with Crippen molar-refractivity contribution in [2.75, 3.05) is 13.1 Å². The summed E-state index contributed by atoms with van der Waals surface area (Å²) >= 11 is 0. The molecule has 0 aromatic carbocycles. The van der Waals surface area contributed by atoms with Gasteiger partial charge in [0.15, 0.2) is 0 Å². The van der Waals surface area contributed by atoms with Crippen molar-refractivity contribution in [3.8, 4) is 0 Å². The second kappa shape index (κ2) is 7.18. The van der Waals surface area contributed by atoms with E-state index in [4.69, 9.17) is 4.74 Å². The molecule has 142 valence electrons. The maximum atomic E-state index is 12.5. The molecule has 4 rings (SSSR count). The Morgan fingerprint density at radius 2 is 2.38 bits per heavy atom. The molecule has 2 aliphatic carbocycles. The van der Waals surface area contributed by atoms with Gasteiger partial charge in [0, 0.05) is 31.4 Å². The smallest absolute Gasteiger partial charge is 0.310 e. The minimum absolute atomic E-state index is 0.00696. The molecule has 0 amide bonds. The van der Waals surface area contributed by atoms with Crippen LogP contribution in [0.25, 0.3) is 0 Å². The van der Waals surface area contributed by atoms with Gasteiger partial charge in [0.2, 0.25) is 0 Å². The van der Waals surface area contributed by atoms with E-state index in [9.17, 15) is 4.79 Å². The SMILES string of the molecule is C=C1CCC[C@]2(C)C[C@H]3OC(=O)C(CNCCCn4ccnc4)[C@H]3CC12. The Hall–Kier alpha value is -1.62. The number of fused-ring (bicyclic) bond motifs is 2. The highest BCUT2D eigenvalue weighted by Crippen LogP contribution is 2.56. The molecule has 0 bridgehead atoms. The first-order valence-electron chi connectivity index (χ1n) is 10.1. The molecule has 26 heavy (non-hydrogen) atoms. The van der Waals surface area contributed by atoms with Gasteiger partial charge in [-0.2, -0.15) is 0 Å². The number of rotatable bonds is 6. The molecular weight excluding hydrogens is 326 g/mol. The van der Waals surface area contributed by atoms with Gasteiger partial charge in [0.25, 0.3) is 0 Å². The summed E-state index contributed by atoms with van der Waals surface area (Å²) in [5.41, 5.74) is 1.69. The molecule has 2 heterocycles. The summed E-state index contributed by atoms with van der Waals surface area (Å²) in [5.74, 6) is 0.940. The standard InChI is InChI=1S/C21H31N3O2/c1-15-5-3-6-21(2)12-19-16(11-18(15)21)17(20(25)26-19)13-22-7-4-9-24-10-8-23-14-24/h8,10,14,16-19,22H,1,3-7,9,11-13H2,2H3/t16-,17?,18?,19-,21-/m1/s1. The monoisotopic (exact) mass is 357 g/mol. The molecule has 1 aliphatic heterocycles. The van der Waals surface area contributed by atoms with Gasteiger partial charge < -0.3 is 14.6 Å². The molecule has 5 heteroatoms. The lowest BCUT2D eigenvalue weighted by Crippen LogP contribution is -2.45. The Labute approximate surface area is 156 Å². The molecular formula is C21H31N3O2. The fourth-order valence-corrected chi connectivity index (χ4v) is 5.55. The van der Waals surface area contributed by atoms with Crippen LogP contribution in [0.4, 0.5) is 0 Å². The number of hydrogen-bond acceptors (Lipinski definition) is 4. The van der Waals surface area contributed by atoms with Crippen LogP contribution in [0.3, 0.4) is 0 Å². The molecule has 1 saturated heterocycles. The second-order valence-electron chi connectivity index (χ2n) is 8.76. The highest BCUT2D eigenvalue weighted by molar-refractivity contribution is 5.75. The molecule has 1 N–H and O–H groups in total. The van der Waals surface area contributed by atoms with Crippen LogP contribution in [0.5, 0.6) is 0 Å². The van der Waals surface area contributed by atoms with Crippen molar-refractivity contribution < 1.29 is 9.53 Å². The lowest BCUT2D eigenvalue weighted by Gasteiger charge is -2.50. The van der Waals surface area contributed by atoms with Gasteiger partial charge in [0.05, 0.1) is 12.2 Å². The number of imidazole rings is 1. The predicted molar refractivity (Wildman–Crippen MR) is 100 cm³/mol. The highest BCUT2D eigenvalue weighted by atomic mass is 16.6. The number of hydrogen-bond donors (Lipinski definition) is 1. The summed E-state index contributed by atoms with van der Waals surface area (Å²) in [6.45, 7) is 9.35. The maximum Gasteiger partial charge on any atom is 0.310 e. The Morgan fingerprint density at radius 1 is 1.50 bits per heavy atom. The minimum Gasteiger partial charge on any atom is -0.462 e. The van der Waals surface area contributed by atoms with Crippen LogP contribution in [0.15, 0.2) is 30.9 Å². The van der Waals surface area contributed by atoms with E-state index in [1.165, 1.54) is 18.4 Å². The summed E-state index contributed by atoms with van der Waals surface area (Å²) in [7, 11) is 0. The quantitative estimate of drug-likeness (QED) is 0.483. The van der Waals surface area contributed by atoms with E-state index in [2.05, 4.69) is 28.4 Å². The zero-order valence-electron chi connectivity index (χ0n) is 15.8. The number of allylic oxidation sites excluding steroid dienone is 1. The first kappa shape index (κ1) is 17.8. The Balaban J connectivity index is 1.31. The third-order valence-electron chi connectivity index (χ3n) is 7.01. The van der Waals surface area contributed by atoms with Crippen LogP contribution in [-0.4, -0.2) is 34.7 Å². The lowest BCUT2D eigenvalue weighted by molar-refractivity contribution is -0.146. The van der Waals surface area contributed by atoms with Crippen molar-refractivity contribution in [2.45, 2.75) is 58.1 Å². The molecule has 5 nitrogen and oxygen atoms in total. The Morgan fingerprint density at radius 3 is 3.19 bits per heavy atom. The Bertz CT molecular complexity index is 656. The largest absolute Gasteiger partial charge is 0.462 e. The highest BCUT2D eigenvalue weighted by Gasteiger charge is 2.54. The topological polar surface area (TPSA) is 56.1 Å². The molecule has 0 radical (unpaired) electrons. The van der Waals surface area contributed by atoms with Crippen LogP contribution in [-0.2, 0) is 16.1 Å². The van der Waals surface area contributed by atoms with Crippen molar-refractivity contribution in [1.29, 1.82) is 0 Å². The molecule has 1 aromatic rings. The molecule has 0 spiro atoms. The fourth-order valence-electron chi connectivity index (χ4n) is 5.55. The number of aryl methyl sites for hydroxylation is 1. The second-order valence-corrected chi connectivity index (χ2v) is 8.76.